The van der Waals surface area contributed by atoms with Crippen molar-refractivity contribution in [2.75, 3.05) is 0 Å². The lowest BCUT2D eigenvalue weighted by Gasteiger charge is -2.22. The molecule has 1 amide bonds. The summed E-state index contributed by atoms with van der Waals surface area (Å²) in [5.74, 6) is -1.78. The van der Waals surface area contributed by atoms with Gasteiger partial charge in [0.1, 0.15) is 17.1 Å². The third kappa shape index (κ3) is 4.41. The van der Waals surface area contributed by atoms with Crippen molar-refractivity contribution in [2.24, 2.45) is 0 Å². The van der Waals surface area contributed by atoms with Crippen LogP contribution in [-0.4, -0.2) is 34.1 Å². The fourth-order valence-corrected chi connectivity index (χ4v) is 3.41. The van der Waals surface area contributed by atoms with Crippen LogP contribution in [0.15, 0.2) is 63.9 Å². The highest BCUT2D eigenvalue weighted by Crippen LogP contribution is 2.24. The lowest BCUT2D eigenvalue weighted by molar-refractivity contribution is -0.308. The number of aromatic amines is 1. The molecule has 0 aliphatic heterocycles. The van der Waals surface area contributed by atoms with Gasteiger partial charge in [-0.25, -0.2) is 4.79 Å². The Balaban J connectivity index is 1.47. The number of hydrogen-bond acceptors (Lipinski definition) is 7. The van der Waals surface area contributed by atoms with Crippen LogP contribution in [0.1, 0.15) is 12.5 Å². The van der Waals surface area contributed by atoms with Gasteiger partial charge >= 0.3 is 5.63 Å². The summed E-state index contributed by atoms with van der Waals surface area (Å²) in [6.07, 6.45) is 0.539. The fraction of sp³-hybridized carbons (Fsp3) is 0.174. The second kappa shape index (κ2) is 8.46. The number of fused-ring (bicyclic) bond motifs is 2. The molecule has 164 valence electrons. The normalized spacial score (nSPS) is 13.0. The molecule has 0 bridgehead atoms. The maximum atomic E-state index is 12.6. The van der Waals surface area contributed by atoms with Gasteiger partial charge in [-0.1, -0.05) is 0 Å². The molecular weight excluding hydrogens is 416 g/mol. The van der Waals surface area contributed by atoms with Gasteiger partial charge in [-0.3, -0.25) is 4.79 Å². The van der Waals surface area contributed by atoms with Gasteiger partial charge in [0.2, 0.25) is 0 Å². The van der Waals surface area contributed by atoms with Crippen LogP contribution < -0.4 is 20.8 Å². The number of carbonyl (C=O) groups is 2. The number of carboxylic acid groups (broad SMARTS) is 1. The smallest absolute Gasteiger partial charge is 0.336 e. The summed E-state index contributed by atoms with van der Waals surface area (Å²) in [5, 5.41) is 25.1. The van der Waals surface area contributed by atoms with E-state index < -0.39 is 29.6 Å². The molecule has 2 heterocycles. The molecule has 0 unspecified atom stereocenters. The Morgan fingerprint density at radius 3 is 2.75 bits per heavy atom. The van der Waals surface area contributed by atoms with E-state index in [9.17, 15) is 24.6 Å². The molecule has 2 atom stereocenters. The number of phenols is 1. The number of aliphatic carboxylic acids is 1. The fourth-order valence-electron chi connectivity index (χ4n) is 3.41. The second-order valence-corrected chi connectivity index (χ2v) is 7.34. The zero-order valence-electron chi connectivity index (χ0n) is 17.0. The van der Waals surface area contributed by atoms with E-state index in [2.05, 4.69) is 10.3 Å². The van der Waals surface area contributed by atoms with E-state index in [1.165, 1.54) is 31.2 Å². The Kier molecular flexibility index (Phi) is 5.55. The van der Waals surface area contributed by atoms with E-state index in [-0.39, 0.29) is 17.9 Å². The minimum Gasteiger partial charge on any atom is -0.548 e. The minimum atomic E-state index is -1.45. The SMILES string of the molecule is C[C@@H](Oc1ccc2ccc(=O)oc2c1)C(=O)N[C@H](Cc1c[nH]c2ccc(O)cc12)C(=O)[O-]. The van der Waals surface area contributed by atoms with E-state index in [0.29, 0.717) is 21.9 Å². The Morgan fingerprint density at radius 1 is 1.19 bits per heavy atom. The number of aromatic nitrogens is 1. The molecule has 32 heavy (non-hydrogen) atoms. The molecule has 0 saturated carbocycles. The average molecular weight is 435 g/mol. The molecule has 4 aromatic rings. The molecule has 9 heteroatoms. The summed E-state index contributed by atoms with van der Waals surface area (Å²) in [6.45, 7) is 1.47. The summed E-state index contributed by atoms with van der Waals surface area (Å²) < 4.78 is 10.7. The van der Waals surface area contributed by atoms with Crippen LogP contribution in [0.4, 0.5) is 0 Å². The third-order valence-electron chi connectivity index (χ3n) is 5.05. The van der Waals surface area contributed by atoms with Crippen molar-refractivity contribution in [3.05, 3.63) is 70.7 Å². The third-order valence-corrected chi connectivity index (χ3v) is 5.05. The molecule has 0 aliphatic carbocycles. The summed E-state index contributed by atoms with van der Waals surface area (Å²) in [6, 6.07) is 11.1. The van der Waals surface area contributed by atoms with Crippen molar-refractivity contribution < 1.29 is 29.0 Å². The monoisotopic (exact) mass is 435 g/mol. The van der Waals surface area contributed by atoms with Crippen molar-refractivity contribution in [3.63, 3.8) is 0 Å². The first kappa shape index (κ1) is 21.0. The van der Waals surface area contributed by atoms with Crippen molar-refractivity contribution >= 4 is 33.7 Å². The summed E-state index contributed by atoms with van der Waals surface area (Å²) in [7, 11) is 0. The van der Waals surface area contributed by atoms with E-state index in [4.69, 9.17) is 9.15 Å². The molecule has 4 rings (SSSR count). The van der Waals surface area contributed by atoms with Crippen LogP contribution in [0.3, 0.4) is 0 Å². The van der Waals surface area contributed by atoms with Crippen LogP contribution >= 0.6 is 0 Å². The van der Waals surface area contributed by atoms with Gasteiger partial charge in [-0.05, 0) is 48.9 Å². The number of benzene rings is 2. The van der Waals surface area contributed by atoms with Gasteiger partial charge in [-0.2, -0.15) is 0 Å². The Hall–Kier alpha value is -4.27. The number of aromatic hydroxyl groups is 1. The highest BCUT2D eigenvalue weighted by Gasteiger charge is 2.21. The van der Waals surface area contributed by atoms with E-state index >= 15 is 0 Å². The minimum absolute atomic E-state index is 0.0422. The zero-order chi connectivity index (χ0) is 22.8. The summed E-state index contributed by atoms with van der Waals surface area (Å²) in [5.41, 5.74) is 1.12. The van der Waals surface area contributed by atoms with E-state index in [1.54, 1.807) is 30.5 Å². The highest BCUT2D eigenvalue weighted by atomic mass is 16.5. The Bertz CT molecular complexity index is 1370. The van der Waals surface area contributed by atoms with Crippen LogP contribution in [-0.2, 0) is 16.0 Å². The highest BCUT2D eigenvalue weighted by molar-refractivity contribution is 5.88. The zero-order valence-corrected chi connectivity index (χ0v) is 17.0. The maximum absolute atomic E-state index is 12.6. The number of amides is 1. The number of carbonyl (C=O) groups excluding carboxylic acids is 2. The predicted octanol–water partition coefficient (Wildman–Crippen LogP) is 1.22. The molecule has 0 spiro atoms. The Labute approximate surface area is 181 Å². The molecule has 0 saturated heterocycles. The van der Waals surface area contributed by atoms with Gasteiger partial charge in [0.15, 0.2) is 6.10 Å². The van der Waals surface area contributed by atoms with Crippen LogP contribution in [0, 0.1) is 0 Å². The number of nitrogens with one attached hydrogen (secondary N) is 2. The lowest BCUT2D eigenvalue weighted by atomic mass is 10.0. The van der Waals surface area contributed by atoms with Crippen molar-refractivity contribution in [1.82, 2.24) is 10.3 Å². The Morgan fingerprint density at radius 2 is 1.97 bits per heavy atom. The largest absolute Gasteiger partial charge is 0.548 e. The molecular formula is C23H19N2O7-. The number of hydrogen-bond donors (Lipinski definition) is 3. The van der Waals surface area contributed by atoms with Crippen LogP contribution in [0.2, 0.25) is 0 Å². The van der Waals surface area contributed by atoms with Crippen molar-refractivity contribution in [2.45, 2.75) is 25.5 Å². The van der Waals surface area contributed by atoms with Gasteiger partial charge in [0.05, 0.1) is 12.0 Å². The molecule has 0 aliphatic rings. The number of rotatable bonds is 7. The van der Waals surface area contributed by atoms with E-state index in [0.717, 1.165) is 5.52 Å². The molecule has 0 radical (unpaired) electrons. The van der Waals surface area contributed by atoms with Crippen molar-refractivity contribution in [1.29, 1.82) is 0 Å². The first-order valence-corrected chi connectivity index (χ1v) is 9.81. The van der Waals surface area contributed by atoms with E-state index in [1.807, 2.05) is 0 Å². The topological polar surface area (TPSA) is 145 Å². The number of H-pyrrole nitrogens is 1. The van der Waals surface area contributed by atoms with Crippen molar-refractivity contribution in [3.8, 4) is 11.5 Å². The van der Waals surface area contributed by atoms with Crippen LogP contribution in [0.25, 0.3) is 21.9 Å². The molecule has 2 aromatic heterocycles. The van der Waals surface area contributed by atoms with Gasteiger partial charge in [0.25, 0.3) is 5.91 Å². The average Bonchev–Trinajstić information content (AvgIpc) is 3.14. The lowest BCUT2D eigenvalue weighted by Crippen LogP contribution is -2.52. The molecule has 0 fully saturated rings. The quantitative estimate of drug-likeness (QED) is 0.370. The van der Waals surface area contributed by atoms with Crippen LogP contribution in [0.5, 0.6) is 11.5 Å². The molecule has 2 aromatic carbocycles. The van der Waals surface area contributed by atoms with Gasteiger partial charge in [-0.15, -0.1) is 0 Å². The predicted molar refractivity (Wildman–Crippen MR) is 113 cm³/mol. The molecule has 3 N–H and O–H groups in total. The first-order valence-electron chi connectivity index (χ1n) is 9.81. The second-order valence-electron chi connectivity index (χ2n) is 7.34. The number of phenolic OH excluding ortho intramolecular Hbond substituents is 1. The summed E-state index contributed by atoms with van der Waals surface area (Å²) in [4.78, 5) is 38.6. The molecule has 9 nitrogen and oxygen atoms in total. The number of ether oxygens (including phenoxy) is 1. The van der Waals surface area contributed by atoms with Gasteiger partial charge < -0.3 is 34.5 Å². The summed E-state index contributed by atoms with van der Waals surface area (Å²) >= 11 is 0. The maximum Gasteiger partial charge on any atom is 0.336 e. The number of carboxylic acids is 1. The standard InChI is InChI=1S/C23H20N2O7/c1-12(31-16-5-2-13-3-7-21(27)32-20(13)10-16)22(28)25-19(23(29)30)8-14-11-24-18-6-4-15(26)9-17(14)18/h2-7,9-12,19,24,26H,8H2,1H3,(H,25,28)(H,29,30)/p-1/t12-,19-/m1/s1. The van der Waals surface area contributed by atoms with Gasteiger partial charge in [0, 0.05) is 41.0 Å². The first-order chi connectivity index (χ1) is 15.3.